The van der Waals surface area contributed by atoms with Crippen molar-refractivity contribution in [1.82, 2.24) is 9.80 Å². The Hall–Kier alpha value is -1.72. The van der Waals surface area contributed by atoms with E-state index in [0.717, 1.165) is 37.8 Å². The average molecular weight is 292 g/mol. The lowest BCUT2D eigenvalue weighted by Gasteiger charge is -2.37. The first kappa shape index (κ1) is 15.7. The van der Waals surface area contributed by atoms with Gasteiger partial charge in [0.05, 0.1) is 0 Å². The highest BCUT2D eigenvalue weighted by molar-refractivity contribution is 5.85. The predicted octanol–water partition coefficient (Wildman–Crippen LogP) is 2.06. The van der Waals surface area contributed by atoms with E-state index in [1.54, 1.807) is 12.1 Å². The summed E-state index contributed by atoms with van der Waals surface area (Å²) in [5.74, 6) is -1.48. The van der Waals surface area contributed by atoms with Crippen LogP contribution in [0.25, 0.3) is 6.08 Å². The van der Waals surface area contributed by atoms with Gasteiger partial charge in [-0.2, -0.15) is 0 Å². The van der Waals surface area contributed by atoms with Crippen LogP contribution in [-0.2, 0) is 11.3 Å². The zero-order valence-electron chi connectivity index (χ0n) is 12.4. The fourth-order valence-corrected chi connectivity index (χ4v) is 2.51. The van der Waals surface area contributed by atoms with Gasteiger partial charge in [0.25, 0.3) is 0 Å². The minimum Gasteiger partial charge on any atom is -0.478 e. The van der Waals surface area contributed by atoms with Crippen LogP contribution in [0.3, 0.4) is 0 Å². The Morgan fingerprint density at radius 2 is 2.24 bits per heavy atom. The molecule has 114 valence electrons. The molecule has 4 nitrogen and oxygen atoms in total. The summed E-state index contributed by atoms with van der Waals surface area (Å²) in [5, 5.41) is 8.63. The molecule has 0 bridgehead atoms. The van der Waals surface area contributed by atoms with Gasteiger partial charge in [-0.05, 0) is 37.7 Å². The molecule has 0 spiro atoms. The Balaban J connectivity index is 2.07. The Morgan fingerprint density at radius 1 is 1.48 bits per heavy atom. The van der Waals surface area contributed by atoms with Crippen LogP contribution in [-0.4, -0.2) is 53.6 Å². The van der Waals surface area contributed by atoms with Crippen LogP contribution in [0.1, 0.15) is 18.1 Å². The van der Waals surface area contributed by atoms with Crippen molar-refractivity contribution >= 4 is 12.0 Å². The van der Waals surface area contributed by atoms with E-state index in [1.807, 2.05) is 0 Å². The number of piperazine rings is 1. The number of carboxylic acids is 1. The summed E-state index contributed by atoms with van der Waals surface area (Å²) >= 11 is 0. The number of carbonyl (C=O) groups is 1. The van der Waals surface area contributed by atoms with E-state index in [9.17, 15) is 9.18 Å². The molecule has 1 aromatic rings. The number of likely N-dealkylation sites (N-methyl/N-ethyl adjacent to an activating group) is 1. The average Bonchev–Trinajstić information content (AvgIpc) is 2.43. The van der Waals surface area contributed by atoms with E-state index in [0.29, 0.717) is 11.6 Å². The Morgan fingerprint density at radius 3 is 2.90 bits per heavy atom. The second kappa shape index (κ2) is 6.83. The molecular formula is C16H21FN2O2. The molecule has 1 heterocycles. The monoisotopic (exact) mass is 292 g/mol. The second-order valence-corrected chi connectivity index (χ2v) is 5.59. The van der Waals surface area contributed by atoms with Gasteiger partial charge in [0.15, 0.2) is 0 Å². The van der Waals surface area contributed by atoms with Gasteiger partial charge in [0.1, 0.15) is 5.82 Å². The van der Waals surface area contributed by atoms with Crippen LogP contribution in [0.2, 0.25) is 0 Å². The molecule has 0 amide bonds. The topological polar surface area (TPSA) is 43.8 Å². The molecule has 1 aromatic carbocycles. The standard InChI is InChI=1S/C16H21FN2O2/c1-12-10-19(8-7-18(12)2)11-13-3-5-15(17)14(9-13)4-6-16(20)21/h3-6,9,12H,7-8,10-11H2,1-2H3,(H,20,21). The minimum atomic E-state index is -1.08. The molecule has 1 aliphatic heterocycles. The van der Waals surface area contributed by atoms with Crippen molar-refractivity contribution in [1.29, 1.82) is 0 Å². The van der Waals surface area contributed by atoms with Gasteiger partial charge in [-0.3, -0.25) is 4.90 Å². The Kier molecular flexibility index (Phi) is 5.09. The molecular weight excluding hydrogens is 271 g/mol. The minimum absolute atomic E-state index is 0.317. The van der Waals surface area contributed by atoms with E-state index in [2.05, 4.69) is 23.8 Å². The lowest BCUT2D eigenvalue weighted by atomic mass is 10.1. The van der Waals surface area contributed by atoms with Gasteiger partial charge >= 0.3 is 5.97 Å². The van der Waals surface area contributed by atoms with Gasteiger partial charge < -0.3 is 10.0 Å². The zero-order chi connectivity index (χ0) is 15.4. The molecule has 0 saturated carbocycles. The highest BCUT2D eigenvalue weighted by Gasteiger charge is 2.20. The SMILES string of the molecule is CC1CN(Cc2ccc(F)c(C=CC(=O)O)c2)CCN1C. The molecule has 1 aliphatic rings. The summed E-state index contributed by atoms with van der Waals surface area (Å²) in [6.07, 6.45) is 2.26. The number of hydrogen-bond acceptors (Lipinski definition) is 3. The van der Waals surface area contributed by atoms with Gasteiger partial charge in [0.2, 0.25) is 0 Å². The lowest BCUT2D eigenvalue weighted by molar-refractivity contribution is -0.131. The first-order valence-corrected chi connectivity index (χ1v) is 7.07. The van der Waals surface area contributed by atoms with E-state index in [1.165, 1.54) is 12.1 Å². The third kappa shape index (κ3) is 4.37. The molecule has 0 aliphatic carbocycles. The molecule has 0 radical (unpaired) electrons. The molecule has 1 N–H and O–H groups in total. The number of nitrogens with zero attached hydrogens (tertiary/aromatic N) is 2. The Labute approximate surface area is 124 Å². The predicted molar refractivity (Wildman–Crippen MR) is 80.4 cm³/mol. The summed E-state index contributed by atoms with van der Waals surface area (Å²) < 4.78 is 13.6. The van der Waals surface area contributed by atoms with Crippen molar-refractivity contribution in [3.8, 4) is 0 Å². The molecule has 1 fully saturated rings. The van der Waals surface area contributed by atoms with Gasteiger partial charge in [-0.25, -0.2) is 9.18 Å². The zero-order valence-corrected chi connectivity index (χ0v) is 12.4. The van der Waals surface area contributed by atoms with Crippen LogP contribution >= 0.6 is 0 Å². The Bertz CT molecular complexity index is 545. The van der Waals surface area contributed by atoms with Crippen LogP contribution in [0, 0.1) is 5.82 Å². The summed E-state index contributed by atoms with van der Waals surface area (Å²) in [5.41, 5.74) is 1.32. The van der Waals surface area contributed by atoms with Crippen molar-refractivity contribution in [3.05, 3.63) is 41.2 Å². The molecule has 0 aromatic heterocycles. The fourth-order valence-electron chi connectivity index (χ4n) is 2.51. The second-order valence-electron chi connectivity index (χ2n) is 5.59. The largest absolute Gasteiger partial charge is 0.478 e. The number of carboxylic acid groups (broad SMARTS) is 1. The summed E-state index contributed by atoms with van der Waals surface area (Å²) in [4.78, 5) is 15.2. The van der Waals surface area contributed by atoms with Crippen LogP contribution in [0.15, 0.2) is 24.3 Å². The van der Waals surface area contributed by atoms with Gasteiger partial charge in [-0.15, -0.1) is 0 Å². The molecule has 2 rings (SSSR count). The summed E-state index contributed by atoms with van der Waals surface area (Å²) in [7, 11) is 2.12. The number of benzene rings is 1. The molecule has 5 heteroatoms. The van der Waals surface area contributed by atoms with E-state index in [4.69, 9.17) is 5.11 Å². The van der Waals surface area contributed by atoms with Crippen molar-refractivity contribution in [2.45, 2.75) is 19.5 Å². The van der Waals surface area contributed by atoms with E-state index >= 15 is 0 Å². The first-order chi connectivity index (χ1) is 9.95. The molecule has 1 atom stereocenters. The van der Waals surface area contributed by atoms with Gasteiger partial charge in [-0.1, -0.05) is 6.07 Å². The smallest absolute Gasteiger partial charge is 0.328 e. The highest BCUT2D eigenvalue weighted by Crippen LogP contribution is 2.16. The van der Waals surface area contributed by atoms with Crippen LogP contribution in [0.5, 0.6) is 0 Å². The highest BCUT2D eigenvalue weighted by atomic mass is 19.1. The number of hydrogen-bond donors (Lipinski definition) is 1. The van der Waals surface area contributed by atoms with Crippen LogP contribution < -0.4 is 0 Å². The van der Waals surface area contributed by atoms with Crippen molar-refractivity contribution in [2.75, 3.05) is 26.7 Å². The van der Waals surface area contributed by atoms with Crippen molar-refractivity contribution < 1.29 is 14.3 Å². The summed E-state index contributed by atoms with van der Waals surface area (Å²) in [6.45, 7) is 5.94. The molecule has 1 saturated heterocycles. The lowest BCUT2D eigenvalue weighted by Crippen LogP contribution is -2.49. The van der Waals surface area contributed by atoms with Gasteiger partial charge in [0, 0.05) is 43.9 Å². The molecule has 21 heavy (non-hydrogen) atoms. The van der Waals surface area contributed by atoms with E-state index in [-0.39, 0.29) is 0 Å². The van der Waals surface area contributed by atoms with Crippen molar-refractivity contribution in [2.24, 2.45) is 0 Å². The number of rotatable bonds is 4. The number of halogens is 1. The third-order valence-electron chi connectivity index (χ3n) is 3.92. The first-order valence-electron chi connectivity index (χ1n) is 7.07. The maximum Gasteiger partial charge on any atom is 0.328 e. The quantitative estimate of drug-likeness (QED) is 0.863. The van der Waals surface area contributed by atoms with Crippen LogP contribution in [0.4, 0.5) is 4.39 Å². The third-order valence-corrected chi connectivity index (χ3v) is 3.92. The normalized spacial score (nSPS) is 21.0. The van der Waals surface area contributed by atoms with Crippen molar-refractivity contribution in [3.63, 3.8) is 0 Å². The van der Waals surface area contributed by atoms with E-state index < -0.39 is 11.8 Å². The maximum absolute atomic E-state index is 13.6. The molecule has 1 unspecified atom stereocenters. The maximum atomic E-state index is 13.6. The fraction of sp³-hybridized carbons (Fsp3) is 0.438. The number of aliphatic carboxylic acids is 1. The summed E-state index contributed by atoms with van der Waals surface area (Å²) in [6, 6.07) is 5.38.